The minimum Gasteiger partial charge on any atom is -0.491 e. The van der Waals surface area contributed by atoms with Crippen molar-refractivity contribution in [3.63, 3.8) is 0 Å². The Labute approximate surface area is 156 Å². The van der Waals surface area contributed by atoms with E-state index < -0.39 is 5.97 Å². The molecule has 0 aliphatic rings. The molecule has 2 aromatic rings. The Bertz CT molecular complexity index is 684. The third-order valence-electron chi connectivity index (χ3n) is 4.65. The van der Waals surface area contributed by atoms with Gasteiger partial charge in [0, 0.05) is 5.39 Å². The van der Waals surface area contributed by atoms with Gasteiger partial charge in [-0.15, -0.1) is 0 Å². The van der Waals surface area contributed by atoms with Crippen LogP contribution >= 0.6 is 0 Å². The van der Waals surface area contributed by atoms with E-state index in [9.17, 15) is 9.90 Å². The lowest BCUT2D eigenvalue weighted by Gasteiger charge is -2.10. The zero-order valence-corrected chi connectivity index (χ0v) is 15.9. The van der Waals surface area contributed by atoms with Gasteiger partial charge in [-0.3, -0.25) is 0 Å². The summed E-state index contributed by atoms with van der Waals surface area (Å²) < 4.78 is 5.74. The molecule has 0 saturated carbocycles. The van der Waals surface area contributed by atoms with E-state index in [2.05, 4.69) is 11.9 Å². The molecule has 0 saturated heterocycles. The van der Waals surface area contributed by atoms with Crippen molar-refractivity contribution in [3.05, 3.63) is 36.0 Å². The molecule has 0 atom stereocenters. The average Bonchev–Trinajstić information content (AvgIpc) is 2.65. The van der Waals surface area contributed by atoms with Crippen LogP contribution in [0.15, 0.2) is 30.3 Å². The summed E-state index contributed by atoms with van der Waals surface area (Å²) in [5.74, 6) is -0.680. The van der Waals surface area contributed by atoms with Gasteiger partial charge in [-0.2, -0.15) is 0 Å². The van der Waals surface area contributed by atoms with Crippen molar-refractivity contribution in [2.45, 2.75) is 71.1 Å². The molecular formula is C22H31NO3. The molecule has 4 heteroatoms. The molecule has 1 heterocycles. The topological polar surface area (TPSA) is 59.4 Å². The Balaban J connectivity index is 1.69. The first kappa shape index (κ1) is 20.2. The molecule has 0 radical (unpaired) electrons. The van der Waals surface area contributed by atoms with Crippen molar-refractivity contribution in [1.29, 1.82) is 0 Å². The number of nitrogens with zero attached hydrogens (tertiary/aromatic N) is 1. The van der Waals surface area contributed by atoms with E-state index >= 15 is 0 Å². The number of benzene rings is 1. The highest BCUT2D eigenvalue weighted by molar-refractivity contribution is 5.93. The number of rotatable bonds is 13. The number of carboxylic acids is 1. The van der Waals surface area contributed by atoms with Crippen molar-refractivity contribution in [3.8, 4) is 5.75 Å². The molecule has 0 amide bonds. The second kappa shape index (κ2) is 11.5. The minimum absolute atomic E-state index is 0.00391. The van der Waals surface area contributed by atoms with Crippen molar-refractivity contribution in [1.82, 2.24) is 4.98 Å². The van der Waals surface area contributed by atoms with Crippen LogP contribution in [-0.4, -0.2) is 22.7 Å². The van der Waals surface area contributed by atoms with Crippen LogP contribution in [0.1, 0.15) is 81.6 Å². The van der Waals surface area contributed by atoms with E-state index in [-0.39, 0.29) is 5.69 Å². The minimum atomic E-state index is -1.05. The van der Waals surface area contributed by atoms with Crippen LogP contribution in [-0.2, 0) is 0 Å². The van der Waals surface area contributed by atoms with E-state index in [1.165, 1.54) is 51.4 Å². The highest BCUT2D eigenvalue weighted by atomic mass is 16.5. The van der Waals surface area contributed by atoms with E-state index in [0.29, 0.717) is 17.9 Å². The molecule has 0 bridgehead atoms. The molecule has 4 nitrogen and oxygen atoms in total. The van der Waals surface area contributed by atoms with Crippen molar-refractivity contribution >= 4 is 16.9 Å². The van der Waals surface area contributed by atoms with E-state index in [0.717, 1.165) is 18.2 Å². The molecule has 26 heavy (non-hydrogen) atoms. The van der Waals surface area contributed by atoms with Crippen LogP contribution in [0, 0.1) is 0 Å². The maximum Gasteiger partial charge on any atom is 0.358 e. The highest BCUT2D eigenvalue weighted by Crippen LogP contribution is 2.23. The van der Waals surface area contributed by atoms with Crippen LogP contribution in [0.2, 0.25) is 0 Å². The molecule has 1 aromatic carbocycles. The van der Waals surface area contributed by atoms with E-state index in [1.807, 2.05) is 24.3 Å². The van der Waals surface area contributed by atoms with Crippen LogP contribution < -0.4 is 4.74 Å². The second-order valence-electron chi connectivity index (χ2n) is 6.86. The Kier molecular flexibility index (Phi) is 8.94. The van der Waals surface area contributed by atoms with Gasteiger partial charge in [-0.25, -0.2) is 9.78 Å². The first-order valence-corrected chi connectivity index (χ1v) is 9.98. The number of pyridine rings is 1. The highest BCUT2D eigenvalue weighted by Gasteiger charge is 2.14. The summed E-state index contributed by atoms with van der Waals surface area (Å²) in [5.41, 5.74) is 0.673. The predicted molar refractivity (Wildman–Crippen MR) is 106 cm³/mol. The summed E-state index contributed by atoms with van der Waals surface area (Å²) in [7, 11) is 0. The number of hydrogen-bond acceptors (Lipinski definition) is 3. The normalized spacial score (nSPS) is 11.0. The van der Waals surface area contributed by atoms with Gasteiger partial charge in [-0.05, 0) is 18.6 Å². The molecule has 0 unspecified atom stereocenters. The predicted octanol–water partition coefficient (Wildman–Crippen LogP) is 6.23. The fourth-order valence-corrected chi connectivity index (χ4v) is 3.13. The fraction of sp³-hybridized carbons (Fsp3) is 0.545. The number of para-hydroxylation sites is 1. The third-order valence-corrected chi connectivity index (χ3v) is 4.65. The Morgan fingerprint density at radius 2 is 1.58 bits per heavy atom. The number of unbranched alkanes of at least 4 members (excludes halogenated alkanes) is 9. The summed E-state index contributed by atoms with van der Waals surface area (Å²) in [4.78, 5) is 15.6. The Morgan fingerprint density at radius 3 is 2.23 bits per heavy atom. The molecule has 0 spiro atoms. The maximum atomic E-state index is 11.4. The summed E-state index contributed by atoms with van der Waals surface area (Å²) >= 11 is 0. The largest absolute Gasteiger partial charge is 0.491 e. The van der Waals surface area contributed by atoms with Gasteiger partial charge in [-0.1, -0.05) is 82.9 Å². The van der Waals surface area contributed by atoms with Gasteiger partial charge in [0.25, 0.3) is 0 Å². The van der Waals surface area contributed by atoms with E-state index in [1.54, 1.807) is 6.07 Å². The lowest BCUT2D eigenvalue weighted by molar-refractivity contribution is 0.0685. The molecular weight excluding hydrogens is 326 g/mol. The number of carbonyl (C=O) groups is 1. The van der Waals surface area contributed by atoms with Gasteiger partial charge >= 0.3 is 5.97 Å². The number of hydrogen-bond donors (Lipinski definition) is 1. The van der Waals surface area contributed by atoms with Crippen molar-refractivity contribution in [2.24, 2.45) is 0 Å². The van der Waals surface area contributed by atoms with Gasteiger partial charge in [0.1, 0.15) is 0 Å². The SMILES string of the molecule is CCCCCCCCCCCCOc1cc2ccccc2nc1C(=O)O. The summed E-state index contributed by atoms with van der Waals surface area (Å²) in [6.45, 7) is 2.78. The van der Waals surface area contributed by atoms with Gasteiger partial charge in [0.05, 0.1) is 12.1 Å². The summed E-state index contributed by atoms with van der Waals surface area (Å²) in [6.07, 6.45) is 12.6. The number of ether oxygens (including phenoxy) is 1. The zero-order chi connectivity index (χ0) is 18.6. The molecule has 0 fully saturated rings. The van der Waals surface area contributed by atoms with Gasteiger partial charge < -0.3 is 9.84 Å². The van der Waals surface area contributed by atoms with Crippen molar-refractivity contribution in [2.75, 3.05) is 6.61 Å². The second-order valence-corrected chi connectivity index (χ2v) is 6.86. The molecule has 0 aliphatic carbocycles. The zero-order valence-electron chi connectivity index (χ0n) is 15.9. The summed E-state index contributed by atoms with van der Waals surface area (Å²) in [6, 6.07) is 9.28. The Hall–Kier alpha value is -2.10. The van der Waals surface area contributed by atoms with Crippen molar-refractivity contribution < 1.29 is 14.6 Å². The number of fused-ring (bicyclic) bond motifs is 1. The van der Waals surface area contributed by atoms with Crippen LogP contribution in [0.25, 0.3) is 10.9 Å². The third kappa shape index (κ3) is 6.66. The van der Waals surface area contributed by atoms with Crippen LogP contribution in [0.4, 0.5) is 0 Å². The van der Waals surface area contributed by atoms with Gasteiger partial charge in [0.2, 0.25) is 0 Å². The maximum absolute atomic E-state index is 11.4. The quantitative estimate of drug-likeness (QED) is 0.431. The standard InChI is InChI=1S/C22H31NO3/c1-2-3-4-5-6-7-8-9-10-13-16-26-20-17-18-14-11-12-15-19(18)23-21(20)22(24)25/h11-12,14-15,17H,2-10,13,16H2,1H3,(H,24,25). The number of carboxylic acid groups (broad SMARTS) is 1. The van der Waals surface area contributed by atoms with Crippen LogP contribution in [0.5, 0.6) is 5.75 Å². The summed E-state index contributed by atoms with van der Waals surface area (Å²) in [5, 5.41) is 10.3. The molecule has 142 valence electrons. The van der Waals surface area contributed by atoms with Crippen LogP contribution in [0.3, 0.4) is 0 Å². The molecule has 1 aromatic heterocycles. The molecule has 1 N–H and O–H groups in total. The first-order chi connectivity index (χ1) is 12.7. The lowest BCUT2D eigenvalue weighted by Crippen LogP contribution is -2.07. The monoisotopic (exact) mass is 357 g/mol. The van der Waals surface area contributed by atoms with Gasteiger partial charge in [0.15, 0.2) is 11.4 Å². The Morgan fingerprint density at radius 1 is 0.962 bits per heavy atom. The lowest BCUT2D eigenvalue weighted by atomic mass is 10.1. The molecule has 2 rings (SSSR count). The number of aromatic carboxylic acids is 1. The van der Waals surface area contributed by atoms with E-state index in [4.69, 9.17) is 4.74 Å². The fourth-order valence-electron chi connectivity index (χ4n) is 3.13. The number of aromatic nitrogens is 1. The smallest absolute Gasteiger partial charge is 0.358 e. The molecule has 0 aliphatic heterocycles. The first-order valence-electron chi connectivity index (χ1n) is 9.98. The average molecular weight is 357 g/mol.